The van der Waals surface area contributed by atoms with Crippen LogP contribution in [0.15, 0.2) is 30.3 Å². The molecule has 2 aromatic rings. The predicted molar refractivity (Wildman–Crippen MR) is 57.8 cm³/mol. The quantitative estimate of drug-likeness (QED) is 0.449. The number of hydrazine groups is 1. The Bertz CT molecular complexity index is 456. The first-order valence-corrected chi connectivity index (χ1v) is 4.66. The Hall–Kier alpha value is -1.16. The number of nitrogens with zero attached hydrogens (tertiary/aromatic N) is 1. The van der Waals surface area contributed by atoms with Crippen LogP contribution in [0.1, 0.15) is 5.56 Å². The molecule has 4 heteroatoms. The van der Waals surface area contributed by atoms with Gasteiger partial charge in [-0.05, 0) is 12.1 Å². The van der Waals surface area contributed by atoms with Crippen LogP contribution in [0.4, 0.5) is 0 Å². The topological polar surface area (TPSA) is 50.9 Å². The van der Waals surface area contributed by atoms with Gasteiger partial charge in [0.05, 0.1) is 5.52 Å². The summed E-state index contributed by atoms with van der Waals surface area (Å²) in [4.78, 5) is 4.26. The number of nitrogens with one attached hydrogen (secondary N) is 1. The van der Waals surface area contributed by atoms with Crippen LogP contribution in [0.5, 0.6) is 0 Å². The van der Waals surface area contributed by atoms with Crippen LogP contribution in [0.25, 0.3) is 10.9 Å². The fraction of sp³-hybridized carbons (Fsp3) is 0.100. The minimum Gasteiger partial charge on any atom is -0.271 e. The molecular formula is C10H10ClN3. The minimum atomic E-state index is 0.502. The average molecular weight is 208 g/mol. The van der Waals surface area contributed by atoms with Gasteiger partial charge in [-0.3, -0.25) is 11.3 Å². The van der Waals surface area contributed by atoms with Crippen molar-refractivity contribution in [1.82, 2.24) is 10.4 Å². The molecule has 1 aromatic carbocycles. The lowest BCUT2D eigenvalue weighted by molar-refractivity contribution is 0.740. The Morgan fingerprint density at radius 2 is 2.14 bits per heavy atom. The highest BCUT2D eigenvalue weighted by molar-refractivity contribution is 6.30. The number of rotatable bonds is 2. The minimum absolute atomic E-state index is 0.502. The first kappa shape index (κ1) is 9.40. The Kier molecular flexibility index (Phi) is 2.63. The summed E-state index contributed by atoms with van der Waals surface area (Å²) in [7, 11) is 0. The number of aromatic nitrogens is 1. The maximum atomic E-state index is 5.98. The third-order valence-electron chi connectivity index (χ3n) is 2.04. The zero-order valence-electron chi connectivity index (χ0n) is 7.50. The molecule has 1 heterocycles. The number of nitrogens with two attached hydrogens (primary N) is 1. The molecule has 0 radical (unpaired) electrons. The molecular weight excluding hydrogens is 198 g/mol. The van der Waals surface area contributed by atoms with Crippen molar-refractivity contribution in [2.24, 2.45) is 5.84 Å². The van der Waals surface area contributed by atoms with E-state index in [0.29, 0.717) is 11.7 Å². The van der Waals surface area contributed by atoms with Crippen LogP contribution < -0.4 is 11.3 Å². The monoisotopic (exact) mass is 207 g/mol. The van der Waals surface area contributed by atoms with Crippen molar-refractivity contribution < 1.29 is 0 Å². The largest absolute Gasteiger partial charge is 0.271 e. The molecule has 0 spiro atoms. The summed E-state index contributed by atoms with van der Waals surface area (Å²) in [5, 5.41) is 1.57. The van der Waals surface area contributed by atoms with Crippen LogP contribution >= 0.6 is 11.6 Å². The fourth-order valence-electron chi connectivity index (χ4n) is 1.37. The zero-order chi connectivity index (χ0) is 9.97. The lowest BCUT2D eigenvalue weighted by Crippen LogP contribution is -2.21. The van der Waals surface area contributed by atoms with E-state index in [0.717, 1.165) is 16.5 Å². The Morgan fingerprint density at radius 1 is 1.36 bits per heavy atom. The molecule has 14 heavy (non-hydrogen) atoms. The van der Waals surface area contributed by atoms with Crippen molar-refractivity contribution in [2.45, 2.75) is 6.54 Å². The van der Waals surface area contributed by atoms with E-state index in [-0.39, 0.29) is 0 Å². The van der Waals surface area contributed by atoms with E-state index in [9.17, 15) is 0 Å². The summed E-state index contributed by atoms with van der Waals surface area (Å²) in [5.41, 5.74) is 4.38. The maximum absolute atomic E-state index is 5.98. The van der Waals surface area contributed by atoms with E-state index < -0.39 is 0 Å². The SMILES string of the molecule is NNCc1cc2ccccc2nc1Cl. The van der Waals surface area contributed by atoms with Crippen LogP contribution in [0.2, 0.25) is 5.15 Å². The Balaban J connectivity index is 2.59. The van der Waals surface area contributed by atoms with Crippen molar-refractivity contribution >= 4 is 22.5 Å². The van der Waals surface area contributed by atoms with Gasteiger partial charge in [-0.25, -0.2) is 4.98 Å². The van der Waals surface area contributed by atoms with Crippen LogP contribution in [0.3, 0.4) is 0 Å². The fourth-order valence-corrected chi connectivity index (χ4v) is 1.58. The number of halogens is 1. The number of hydrogen-bond donors (Lipinski definition) is 2. The summed E-state index contributed by atoms with van der Waals surface area (Å²) in [5.74, 6) is 5.24. The third kappa shape index (κ3) is 1.70. The van der Waals surface area contributed by atoms with Gasteiger partial charge in [0.1, 0.15) is 5.15 Å². The van der Waals surface area contributed by atoms with Gasteiger partial charge >= 0.3 is 0 Å². The van der Waals surface area contributed by atoms with Crippen molar-refractivity contribution in [2.75, 3.05) is 0 Å². The van der Waals surface area contributed by atoms with E-state index in [4.69, 9.17) is 17.4 Å². The van der Waals surface area contributed by atoms with E-state index >= 15 is 0 Å². The van der Waals surface area contributed by atoms with Gasteiger partial charge in [0.2, 0.25) is 0 Å². The molecule has 0 aliphatic rings. The van der Waals surface area contributed by atoms with Gasteiger partial charge in [0.15, 0.2) is 0 Å². The highest BCUT2D eigenvalue weighted by Gasteiger charge is 2.02. The molecule has 1 aromatic heterocycles. The summed E-state index contributed by atoms with van der Waals surface area (Å²) >= 11 is 5.98. The summed E-state index contributed by atoms with van der Waals surface area (Å²) in [6, 6.07) is 9.83. The lowest BCUT2D eigenvalue weighted by Gasteiger charge is -2.04. The van der Waals surface area contributed by atoms with Gasteiger partial charge in [-0.15, -0.1) is 0 Å². The third-order valence-corrected chi connectivity index (χ3v) is 2.37. The molecule has 0 fully saturated rings. The molecule has 0 saturated carbocycles. The van der Waals surface area contributed by atoms with Crippen molar-refractivity contribution in [1.29, 1.82) is 0 Å². The maximum Gasteiger partial charge on any atom is 0.134 e. The lowest BCUT2D eigenvalue weighted by atomic mass is 10.1. The molecule has 2 rings (SSSR count). The number of fused-ring (bicyclic) bond motifs is 1. The summed E-state index contributed by atoms with van der Waals surface area (Å²) in [6.45, 7) is 0.524. The smallest absolute Gasteiger partial charge is 0.134 e. The van der Waals surface area contributed by atoms with Gasteiger partial charge in [0, 0.05) is 17.5 Å². The molecule has 0 aliphatic heterocycles. The molecule has 0 saturated heterocycles. The Morgan fingerprint density at radius 3 is 2.93 bits per heavy atom. The van der Waals surface area contributed by atoms with Crippen molar-refractivity contribution in [3.8, 4) is 0 Å². The van der Waals surface area contributed by atoms with Gasteiger partial charge in [0.25, 0.3) is 0 Å². The number of hydrogen-bond acceptors (Lipinski definition) is 3. The van der Waals surface area contributed by atoms with E-state index in [1.165, 1.54) is 0 Å². The summed E-state index contributed by atoms with van der Waals surface area (Å²) < 4.78 is 0. The Labute approximate surface area is 86.9 Å². The molecule has 0 aliphatic carbocycles. The zero-order valence-corrected chi connectivity index (χ0v) is 8.25. The van der Waals surface area contributed by atoms with Crippen molar-refractivity contribution in [3.63, 3.8) is 0 Å². The summed E-state index contributed by atoms with van der Waals surface area (Å²) in [6.07, 6.45) is 0. The normalized spacial score (nSPS) is 10.7. The van der Waals surface area contributed by atoms with E-state index in [1.807, 2.05) is 30.3 Å². The van der Waals surface area contributed by atoms with Gasteiger partial charge in [-0.2, -0.15) is 0 Å². The predicted octanol–water partition coefficient (Wildman–Crippen LogP) is 1.85. The number of para-hydroxylation sites is 1. The van der Waals surface area contributed by atoms with E-state index in [1.54, 1.807) is 0 Å². The average Bonchev–Trinajstić information content (AvgIpc) is 2.19. The first-order valence-electron chi connectivity index (χ1n) is 4.29. The van der Waals surface area contributed by atoms with Crippen LogP contribution in [-0.2, 0) is 6.54 Å². The molecule has 0 amide bonds. The first-order chi connectivity index (χ1) is 6.81. The second-order valence-corrected chi connectivity index (χ2v) is 3.37. The second kappa shape index (κ2) is 3.92. The molecule has 72 valence electrons. The van der Waals surface area contributed by atoms with Crippen molar-refractivity contribution in [3.05, 3.63) is 41.0 Å². The van der Waals surface area contributed by atoms with Gasteiger partial charge < -0.3 is 0 Å². The van der Waals surface area contributed by atoms with Crippen LogP contribution in [0, 0.1) is 0 Å². The molecule has 3 N–H and O–H groups in total. The number of pyridine rings is 1. The standard InChI is InChI=1S/C10H10ClN3/c11-10-8(6-13-12)5-7-3-1-2-4-9(7)14-10/h1-5,13H,6,12H2. The highest BCUT2D eigenvalue weighted by Crippen LogP contribution is 2.19. The highest BCUT2D eigenvalue weighted by atomic mass is 35.5. The van der Waals surface area contributed by atoms with Crippen LogP contribution in [-0.4, -0.2) is 4.98 Å². The molecule has 3 nitrogen and oxygen atoms in total. The second-order valence-electron chi connectivity index (χ2n) is 3.01. The van der Waals surface area contributed by atoms with Gasteiger partial charge in [-0.1, -0.05) is 29.8 Å². The molecule has 0 atom stereocenters. The number of benzene rings is 1. The molecule has 0 bridgehead atoms. The van der Waals surface area contributed by atoms with E-state index in [2.05, 4.69) is 10.4 Å². The molecule has 0 unspecified atom stereocenters.